The van der Waals surface area contributed by atoms with Gasteiger partial charge in [0, 0.05) is 51.4 Å². The Kier molecular flexibility index (Phi) is 5.72. The van der Waals surface area contributed by atoms with Crippen LogP contribution in [0.3, 0.4) is 0 Å². The van der Waals surface area contributed by atoms with Crippen molar-refractivity contribution in [2.75, 3.05) is 45.8 Å². The molecule has 2 heterocycles. The number of hydrogen-bond acceptors (Lipinski definition) is 3. The van der Waals surface area contributed by atoms with Crippen molar-refractivity contribution in [2.45, 2.75) is 60.0 Å². The highest BCUT2D eigenvalue weighted by atomic mass is 15.3. The van der Waals surface area contributed by atoms with Gasteiger partial charge in [-0.1, -0.05) is 27.7 Å². The summed E-state index contributed by atoms with van der Waals surface area (Å²) >= 11 is 0. The lowest BCUT2D eigenvalue weighted by molar-refractivity contribution is 0.0146. The molecule has 3 nitrogen and oxygen atoms in total. The highest BCUT2D eigenvalue weighted by Gasteiger charge is 2.33. The lowest BCUT2D eigenvalue weighted by Gasteiger charge is -2.47. The molecule has 0 spiro atoms. The summed E-state index contributed by atoms with van der Waals surface area (Å²) < 4.78 is 0. The molecule has 0 amide bonds. The van der Waals surface area contributed by atoms with Gasteiger partial charge in [0.25, 0.3) is 0 Å². The number of piperazine rings is 1. The highest BCUT2D eigenvalue weighted by molar-refractivity contribution is 4.88. The van der Waals surface area contributed by atoms with Crippen LogP contribution in [0.4, 0.5) is 0 Å². The van der Waals surface area contributed by atoms with Gasteiger partial charge < -0.3 is 4.90 Å². The summed E-state index contributed by atoms with van der Waals surface area (Å²) in [6.45, 7) is 23.0. The molecule has 3 heteroatoms. The lowest BCUT2D eigenvalue weighted by Crippen LogP contribution is -2.57. The van der Waals surface area contributed by atoms with Crippen molar-refractivity contribution >= 4 is 0 Å². The summed E-state index contributed by atoms with van der Waals surface area (Å²) in [5.41, 5.74) is 0.426. The van der Waals surface area contributed by atoms with Crippen molar-refractivity contribution in [3.8, 4) is 0 Å². The Labute approximate surface area is 132 Å². The number of likely N-dealkylation sites (tertiary alicyclic amines) is 1. The van der Waals surface area contributed by atoms with E-state index >= 15 is 0 Å². The smallest absolute Gasteiger partial charge is 0.0146 e. The number of piperidine rings is 1. The summed E-state index contributed by atoms with van der Waals surface area (Å²) in [6, 6.07) is 1.52. The second kappa shape index (κ2) is 6.97. The zero-order chi connectivity index (χ0) is 15.6. The number of hydrogen-bond donors (Lipinski definition) is 0. The monoisotopic (exact) mass is 295 g/mol. The molecule has 0 aromatic heterocycles. The molecule has 2 aliphatic rings. The first-order valence-corrected chi connectivity index (χ1v) is 8.97. The minimum Gasteiger partial charge on any atom is -0.302 e. The maximum atomic E-state index is 2.78. The first-order valence-electron chi connectivity index (χ1n) is 8.97. The zero-order valence-corrected chi connectivity index (χ0v) is 15.2. The van der Waals surface area contributed by atoms with E-state index < -0.39 is 0 Å². The van der Waals surface area contributed by atoms with Gasteiger partial charge in [0.1, 0.15) is 0 Å². The summed E-state index contributed by atoms with van der Waals surface area (Å²) in [4.78, 5) is 8.08. The van der Waals surface area contributed by atoms with Crippen molar-refractivity contribution in [2.24, 2.45) is 11.3 Å². The average Bonchev–Trinajstić information content (AvgIpc) is 2.37. The predicted molar refractivity (Wildman–Crippen MR) is 91.7 cm³/mol. The van der Waals surface area contributed by atoms with Gasteiger partial charge in [-0.3, -0.25) is 9.80 Å². The topological polar surface area (TPSA) is 9.72 Å². The third-order valence-electron chi connectivity index (χ3n) is 5.19. The Morgan fingerprint density at radius 1 is 1.00 bits per heavy atom. The van der Waals surface area contributed by atoms with Crippen LogP contribution in [-0.2, 0) is 0 Å². The van der Waals surface area contributed by atoms with E-state index in [1.54, 1.807) is 0 Å². The van der Waals surface area contributed by atoms with Crippen LogP contribution in [0.2, 0.25) is 0 Å². The van der Waals surface area contributed by atoms with Crippen molar-refractivity contribution in [1.82, 2.24) is 14.7 Å². The fourth-order valence-corrected chi connectivity index (χ4v) is 4.16. The quantitative estimate of drug-likeness (QED) is 0.793. The van der Waals surface area contributed by atoms with Crippen LogP contribution in [0.15, 0.2) is 0 Å². The molecule has 1 unspecified atom stereocenters. The van der Waals surface area contributed by atoms with Crippen LogP contribution in [0.25, 0.3) is 0 Å². The second-order valence-corrected chi connectivity index (χ2v) is 8.79. The standard InChI is InChI=1S/C18H37N3/c1-15(2)20-9-11-21(12-10-20)17-7-8-19(13-16(17)3)14-18(4,5)6/h15-17H,7-14H2,1-6H3/t16-,17?/m0/s1. The number of nitrogens with zero attached hydrogens (tertiary/aromatic N) is 3. The van der Waals surface area contributed by atoms with Crippen LogP contribution < -0.4 is 0 Å². The maximum absolute atomic E-state index is 2.78. The molecule has 124 valence electrons. The fourth-order valence-electron chi connectivity index (χ4n) is 4.16. The Morgan fingerprint density at radius 3 is 2.10 bits per heavy atom. The molecule has 0 radical (unpaired) electrons. The maximum Gasteiger partial charge on any atom is 0.0146 e. The minimum absolute atomic E-state index is 0.426. The summed E-state index contributed by atoms with van der Waals surface area (Å²) in [6.07, 6.45) is 1.36. The molecule has 0 saturated carbocycles. The van der Waals surface area contributed by atoms with Gasteiger partial charge in [0.15, 0.2) is 0 Å². The lowest BCUT2D eigenvalue weighted by atomic mass is 9.89. The number of rotatable bonds is 3. The fraction of sp³-hybridized carbons (Fsp3) is 1.00. The second-order valence-electron chi connectivity index (χ2n) is 8.79. The minimum atomic E-state index is 0.426. The van der Waals surface area contributed by atoms with E-state index in [0.717, 1.165) is 12.0 Å². The molecule has 21 heavy (non-hydrogen) atoms. The Hall–Kier alpha value is -0.120. The van der Waals surface area contributed by atoms with Gasteiger partial charge in [-0.05, 0) is 38.1 Å². The van der Waals surface area contributed by atoms with Gasteiger partial charge in [0.2, 0.25) is 0 Å². The molecule has 2 fully saturated rings. The molecular formula is C18H37N3. The molecule has 0 N–H and O–H groups in total. The average molecular weight is 296 g/mol. The van der Waals surface area contributed by atoms with Crippen molar-refractivity contribution in [3.05, 3.63) is 0 Å². The van der Waals surface area contributed by atoms with Gasteiger partial charge in [-0.2, -0.15) is 0 Å². The molecule has 0 aromatic rings. The van der Waals surface area contributed by atoms with Crippen LogP contribution in [0.1, 0.15) is 48.0 Å². The Morgan fingerprint density at radius 2 is 1.62 bits per heavy atom. The molecule has 2 rings (SSSR count). The predicted octanol–water partition coefficient (Wildman–Crippen LogP) is 2.77. The van der Waals surface area contributed by atoms with Crippen LogP contribution in [0, 0.1) is 11.3 Å². The summed E-state index contributed by atoms with van der Waals surface area (Å²) in [5, 5.41) is 0. The van der Waals surface area contributed by atoms with Crippen LogP contribution in [-0.4, -0.2) is 72.6 Å². The van der Waals surface area contributed by atoms with E-state index in [1.165, 1.54) is 52.2 Å². The van der Waals surface area contributed by atoms with E-state index in [0.29, 0.717) is 11.5 Å². The van der Waals surface area contributed by atoms with Gasteiger partial charge in [0.05, 0.1) is 0 Å². The van der Waals surface area contributed by atoms with Crippen molar-refractivity contribution < 1.29 is 0 Å². The summed E-state index contributed by atoms with van der Waals surface area (Å²) in [5.74, 6) is 0.812. The SMILES string of the molecule is CC(C)N1CCN(C2CCN(CC(C)(C)C)C[C@@H]2C)CC1. The van der Waals surface area contributed by atoms with E-state index in [-0.39, 0.29) is 0 Å². The molecular weight excluding hydrogens is 258 g/mol. The van der Waals surface area contributed by atoms with Gasteiger partial charge >= 0.3 is 0 Å². The van der Waals surface area contributed by atoms with Gasteiger partial charge in [-0.15, -0.1) is 0 Å². The molecule has 2 saturated heterocycles. The Bertz CT molecular complexity index is 313. The van der Waals surface area contributed by atoms with Crippen molar-refractivity contribution in [1.29, 1.82) is 0 Å². The zero-order valence-electron chi connectivity index (χ0n) is 15.2. The molecule has 0 bridgehead atoms. The largest absolute Gasteiger partial charge is 0.302 e. The first kappa shape index (κ1) is 17.2. The molecule has 2 atom stereocenters. The molecule has 2 aliphatic heterocycles. The van der Waals surface area contributed by atoms with E-state index in [1.807, 2.05) is 0 Å². The van der Waals surface area contributed by atoms with E-state index in [4.69, 9.17) is 0 Å². The van der Waals surface area contributed by atoms with Gasteiger partial charge in [-0.25, -0.2) is 0 Å². The molecule has 0 aliphatic carbocycles. The Balaban J connectivity index is 1.81. The molecule has 0 aromatic carbocycles. The van der Waals surface area contributed by atoms with E-state index in [2.05, 4.69) is 56.2 Å². The van der Waals surface area contributed by atoms with Crippen molar-refractivity contribution in [3.63, 3.8) is 0 Å². The third-order valence-corrected chi connectivity index (χ3v) is 5.19. The first-order chi connectivity index (χ1) is 9.76. The highest BCUT2D eigenvalue weighted by Crippen LogP contribution is 2.26. The summed E-state index contributed by atoms with van der Waals surface area (Å²) in [7, 11) is 0. The van der Waals surface area contributed by atoms with Crippen LogP contribution in [0.5, 0.6) is 0 Å². The third kappa shape index (κ3) is 4.94. The van der Waals surface area contributed by atoms with E-state index in [9.17, 15) is 0 Å². The normalized spacial score (nSPS) is 31.0. The van der Waals surface area contributed by atoms with Crippen LogP contribution >= 0.6 is 0 Å².